The predicted octanol–water partition coefficient (Wildman–Crippen LogP) is 0.533. The molecule has 1 aliphatic rings. The maximum atomic E-state index is 10.7. The van der Waals surface area contributed by atoms with Crippen molar-refractivity contribution in [1.82, 2.24) is 0 Å². The molecular formula is C5H8B2O4P2. The van der Waals surface area contributed by atoms with Gasteiger partial charge in [0.15, 0.2) is 0 Å². The zero-order valence-electron chi connectivity index (χ0n) is 6.83. The Balaban J connectivity index is 2.76. The van der Waals surface area contributed by atoms with Crippen LogP contribution >= 0.6 is 17.9 Å². The molecule has 1 aliphatic carbocycles. The molecule has 0 aromatic carbocycles. The van der Waals surface area contributed by atoms with Crippen molar-refractivity contribution in [3.63, 3.8) is 0 Å². The van der Waals surface area contributed by atoms with Gasteiger partial charge in [-0.1, -0.05) is 0 Å². The van der Waals surface area contributed by atoms with Crippen LogP contribution in [0.1, 0.15) is 6.42 Å². The van der Waals surface area contributed by atoms with Crippen molar-refractivity contribution in [2.75, 3.05) is 0 Å². The van der Waals surface area contributed by atoms with E-state index in [2.05, 4.69) is 14.1 Å². The fraction of sp³-hybridized carbons (Fsp3) is 1.00. The van der Waals surface area contributed by atoms with Gasteiger partial charge in [0.1, 0.15) is 0 Å². The van der Waals surface area contributed by atoms with Crippen molar-refractivity contribution in [3.8, 4) is 0 Å². The Labute approximate surface area is 82.3 Å². The summed E-state index contributed by atoms with van der Waals surface area (Å²) in [5.41, 5.74) is -0.395. The molecule has 0 aromatic rings. The molecule has 0 N–H and O–H groups in total. The van der Waals surface area contributed by atoms with Gasteiger partial charge in [0.05, 0.1) is 0 Å². The van der Waals surface area contributed by atoms with Gasteiger partial charge < -0.3 is 0 Å². The van der Waals surface area contributed by atoms with Gasteiger partial charge in [-0.25, -0.2) is 0 Å². The van der Waals surface area contributed by atoms with E-state index in [4.69, 9.17) is 12.6 Å². The molecule has 0 heterocycles. The van der Waals surface area contributed by atoms with Crippen LogP contribution in [0.4, 0.5) is 0 Å². The van der Waals surface area contributed by atoms with E-state index in [1.165, 1.54) is 0 Å². The van der Waals surface area contributed by atoms with E-state index in [9.17, 15) is 9.27 Å². The van der Waals surface area contributed by atoms with E-state index in [0.717, 1.165) is 7.15 Å². The standard InChI is InChI=1S/C5H8B2O4P2/c6-10-4-3(11-12)1-2(7-8)5(4)13-9/h2-5H,1,12H2/t2-,3+,4-,5+/m0/s1. The molecule has 1 rings (SSSR count). The van der Waals surface area contributed by atoms with E-state index in [-0.39, 0.29) is 20.4 Å². The third-order valence-electron chi connectivity index (χ3n) is 2.27. The molecule has 0 bridgehead atoms. The molecule has 0 spiro atoms. The van der Waals surface area contributed by atoms with Crippen LogP contribution in [0.5, 0.6) is 0 Å². The summed E-state index contributed by atoms with van der Waals surface area (Å²) in [5, 5.41) is 0. The Morgan fingerprint density at radius 2 is 2.31 bits per heavy atom. The van der Waals surface area contributed by atoms with Crippen LogP contribution in [-0.4, -0.2) is 33.1 Å². The first-order valence-corrected chi connectivity index (χ1v) is 5.12. The molecule has 0 saturated heterocycles. The van der Waals surface area contributed by atoms with Crippen molar-refractivity contribution in [3.05, 3.63) is 0 Å². The summed E-state index contributed by atoms with van der Waals surface area (Å²) in [4.78, 5) is 0. The van der Waals surface area contributed by atoms with Crippen LogP contribution < -0.4 is 0 Å². The maximum absolute atomic E-state index is 10.7. The minimum absolute atomic E-state index is 0.130. The van der Waals surface area contributed by atoms with Gasteiger partial charge in [0.2, 0.25) is 0 Å². The van der Waals surface area contributed by atoms with Gasteiger partial charge in [0, 0.05) is 0 Å². The van der Waals surface area contributed by atoms with Gasteiger partial charge in [-0.3, -0.25) is 0 Å². The van der Waals surface area contributed by atoms with Crippen LogP contribution in [0.3, 0.4) is 0 Å². The summed E-state index contributed by atoms with van der Waals surface area (Å²) in [6, 6.07) is 0. The quantitative estimate of drug-likeness (QED) is 0.507. The topological polar surface area (TPSA) is 52.6 Å². The number of rotatable bonds is 4. The second kappa shape index (κ2) is 5.31. The first-order valence-electron chi connectivity index (χ1n) is 3.77. The monoisotopic (exact) mass is 216 g/mol. The Morgan fingerprint density at radius 1 is 1.62 bits per heavy atom. The molecule has 0 aromatic heterocycles. The Morgan fingerprint density at radius 3 is 2.69 bits per heavy atom. The van der Waals surface area contributed by atoms with Crippen molar-refractivity contribution < 1.29 is 18.4 Å². The van der Waals surface area contributed by atoms with Crippen LogP contribution in [0, 0.1) is 0 Å². The predicted molar refractivity (Wildman–Crippen MR) is 51.4 cm³/mol. The molecule has 0 aliphatic heterocycles. The van der Waals surface area contributed by atoms with Gasteiger partial charge in [-0.15, -0.1) is 0 Å². The van der Waals surface area contributed by atoms with E-state index in [0.29, 0.717) is 6.42 Å². The number of hydrogen-bond acceptors (Lipinski definition) is 4. The molecule has 1 fully saturated rings. The second-order valence-electron chi connectivity index (χ2n) is 2.91. The average Bonchev–Trinajstić information content (AvgIpc) is 2.54. The minimum atomic E-state index is -0.480. The summed E-state index contributed by atoms with van der Waals surface area (Å²) in [6.45, 7) is 0. The number of hydrogen-bond donors (Lipinski definition) is 0. The summed E-state index contributed by atoms with van der Waals surface area (Å²) in [6.07, 6.45) is -0.266. The van der Waals surface area contributed by atoms with Gasteiger partial charge in [-0.2, -0.15) is 0 Å². The first-order chi connectivity index (χ1) is 6.28. The molecule has 13 heavy (non-hydrogen) atoms. The van der Waals surface area contributed by atoms with Crippen LogP contribution in [0.15, 0.2) is 0 Å². The second-order valence-corrected chi connectivity index (χ2v) is 3.99. The molecular weight excluding hydrogens is 208 g/mol. The zero-order valence-corrected chi connectivity index (χ0v) is 8.88. The molecule has 1 unspecified atom stereocenters. The normalized spacial score (nSPS) is 39.2. The molecule has 1 saturated carbocycles. The molecule has 0 amide bonds. The van der Waals surface area contributed by atoms with E-state index < -0.39 is 11.8 Å². The molecule has 8 heteroatoms. The van der Waals surface area contributed by atoms with Crippen molar-refractivity contribution in [2.45, 2.75) is 30.1 Å². The third-order valence-corrected chi connectivity index (χ3v) is 3.54. The molecule has 5 atom stereocenters. The summed E-state index contributed by atoms with van der Waals surface area (Å²) in [7, 11) is 7.77. The summed E-state index contributed by atoms with van der Waals surface area (Å²) < 4.78 is 31.0. The fourth-order valence-corrected chi connectivity index (χ4v) is 2.58. The molecule has 2 radical (unpaired) electrons. The van der Waals surface area contributed by atoms with Crippen molar-refractivity contribution >= 4 is 33.1 Å². The van der Waals surface area contributed by atoms with Gasteiger partial charge >= 0.3 is 81.7 Å². The van der Waals surface area contributed by atoms with Crippen molar-refractivity contribution in [1.29, 1.82) is 0 Å². The van der Waals surface area contributed by atoms with E-state index >= 15 is 0 Å². The van der Waals surface area contributed by atoms with Crippen molar-refractivity contribution in [2.24, 2.45) is 0 Å². The Kier molecular flexibility index (Phi) is 4.68. The van der Waals surface area contributed by atoms with Crippen LogP contribution in [0.2, 0.25) is 5.82 Å². The zero-order chi connectivity index (χ0) is 9.84. The van der Waals surface area contributed by atoms with E-state index in [1.54, 1.807) is 0 Å². The van der Waals surface area contributed by atoms with Gasteiger partial charge in [-0.05, 0) is 0 Å². The van der Waals surface area contributed by atoms with E-state index in [1.807, 2.05) is 0 Å². The summed E-state index contributed by atoms with van der Waals surface area (Å²) in [5.74, 6) is -0.307. The first kappa shape index (κ1) is 11.5. The average molecular weight is 216 g/mol. The summed E-state index contributed by atoms with van der Waals surface area (Å²) >= 11 is 0. The SMILES string of the molecule is [B]O[C@@H]1[C@H](P=O)[C@@H](B=O)C[C@H]1OP. The van der Waals surface area contributed by atoms with Gasteiger partial charge in [0.25, 0.3) is 0 Å². The Bertz CT molecular complexity index is 205. The van der Waals surface area contributed by atoms with Crippen LogP contribution in [0.25, 0.3) is 0 Å². The molecule has 4 nitrogen and oxygen atoms in total. The molecule has 68 valence electrons. The third kappa shape index (κ3) is 2.24. The van der Waals surface area contributed by atoms with Crippen LogP contribution in [-0.2, 0) is 18.4 Å². The Hall–Kier alpha value is 0.380. The fourth-order valence-electron chi connectivity index (χ4n) is 1.58.